The van der Waals surface area contributed by atoms with Crippen LogP contribution in [-0.4, -0.2) is 10.2 Å². The van der Waals surface area contributed by atoms with Crippen LogP contribution in [0.5, 0.6) is 11.5 Å². The van der Waals surface area contributed by atoms with Crippen molar-refractivity contribution in [3.05, 3.63) is 80.5 Å². The minimum Gasteiger partial charge on any atom is -0.508 e. The highest BCUT2D eigenvalue weighted by molar-refractivity contribution is 5.79. The van der Waals surface area contributed by atoms with E-state index >= 15 is 0 Å². The van der Waals surface area contributed by atoms with E-state index in [2.05, 4.69) is 0 Å². The molecule has 4 rings (SSSR count). The van der Waals surface area contributed by atoms with E-state index in [0.29, 0.717) is 35.1 Å². The summed E-state index contributed by atoms with van der Waals surface area (Å²) >= 11 is 0. The Hall–Kier alpha value is -3.54. The molecule has 6 heteroatoms. The lowest BCUT2D eigenvalue weighted by Gasteiger charge is -2.04. The maximum Gasteiger partial charge on any atom is 0.339 e. The van der Waals surface area contributed by atoms with Gasteiger partial charge in [-0.25, -0.2) is 9.59 Å². The molecule has 6 nitrogen and oxygen atoms in total. The number of hydrogen-bond donors (Lipinski definition) is 2. The molecule has 0 fully saturated rings. The molecule has 4 aromatic rings. The quantitative estimate of drug-likeness (QED) is 0.342. The van der Waals surface area contributed by atoms with Crippen LogP contribution in [0, 0.1) is 0 Å². The van der Waals surface area contributed by atoms with Crippen molar-refractivity contribution in [2.45, 2.75) is 38.5 Å². The van der Waals surface area contributed by atoms with Crippen molar-refractivity contribution in [2.75, 3.05) is 0 Å². The molecular formula is C24H22O6. The Kier molecular flexibility index (Phi) is 5.57. The van der Waals surface area contributed by atoms with Crippen molar-refractivity contribution in [3.8, 4) is 11.5 Å². The molecule has 154 valence electrons. The predicted molar refractivity (Wildman–Crippen MR) is 114 cm³/mol. The lowest BCUT2D eigenvalue weighted by Crippen LogP contribution is -2.07. The Bertz CT molecular complexity index is 1210. The molecule has 0 saturated heterocycles. The molecule has 0 saturated carbocycles. The van der Waals surface area contributed by atoms with Crippen LogP contribution in [0.4, 0.5) is 0 Å². The number of aryl methyl sites for hydroxylation is 2. The summed E-state index contributed by atoms with van der Waals surface area (Å²) in [6.45, 7) is 0. The van der Waals surface area contributed by atoms with Crippen LogP contribution in [0.2, 0.25) is 0 Å². The molecule has 0 amide bonds. The summed E-state index contributed by atoms with van der Waals surface area (Å²) in [5.41, 5.74) is 1.29. The molecule has 0 aliphatic carbocycles. The standard InChI is InChI=1S/C24H22O6/c25-19-9-7-15-11-17(23(27)29-21(15)13-19)5-3-1-2-4-6-18-12-16-8-10-20(26)14-22(16)30-24(18)28/h7-14,25-26H,1-6H2. The van der Waals surface area contributed by atoms with Crippen molar-refractivity contribution < 1.29 is 19.0 Å². The van der Waals surface area contributed by atoms with Crippen molar-refractivity contribution in [3.63, 3.8) is 0 Å². The van der Waals surface area contributed by atoms with Crippen LogP contribution < -0.4 is 11.3 Å². The highest BCUT2D eigenvalue weighted by Gasteiger charge is 2.08. The van der Waals surface area contributed by atoms with E-state index in [4.69, 9.17) is 8.83 Å². The van der Waals surface area contributed by atoms with Crippen LogP contribution in [0.25, 0.3) is 21.9 Å². The fraction of sp³-hybridized carbons (Fsp3) is 0.250. The summed E-state index contributed by atoms with van der Waals surface area (Å²) in [6, 6.07) is 13.1. The van der Waals surface area contributed by atoms with Crippen LogP contribution in [-0.2, 0) is 12.8 Å². The largest absolute Gasteiger partial charge is 0.508 e. The number of unbranched alkanes of at least 4 members (excludes halogenated alkanes) is 3. The van der Waals surface area contributed by atoms with Gasteiger partial charge in [0, 0.05) is 34.0 Å². The Morgan fingerprint density at radius 3 is 1.47 bits per heavy atom. The summed E-state index contributed by atoms with van der Waals surface area (Å²) in [5.74, 6) is 0.133. The molecule has 0 spiro atoms. The third kappa shape index (κ3) is 4.38. The third-order valence-corrected chi connectivity index (χ3v) is 5.23. The Morgan fingerprint density at radius 2 is 1.03 bits per heavy atom. The first-order valence-electron chi connectivity index (χ1n) is 10.0. The molecular weight excluding hydrogens is 384 g/mol. The first-order valence-corrected chi connectivity index (χ1v) is 10.0. The van der Waals surface area contributed by atoms with Gasteiger partial charge in [0.05, 0.1) is 0 Å². The molecule has 2 aromatic heterocycles. The minimum atomic E-state index is -0.368. The van der Waals surface area contributed by atoms with E-state index in [1.165, 1.54) is 12.1 Å². The lowest BCUT2D eigenvalue weighted by atomic mass is 10.0. The van der Waals surface area contributed by atoms with Crippen LogP contribution >= 0.6 is 0 Å². The highest BCUT2D eigenvalue weighted by Crippen LogP contribution is 2.21. The normalized spacial score (nSPS) is 11.3. The molecule has 30 heavy (non-hydrogen) atoms. The number of aromatic hydroxyl groups is 2. The van der Waals surface area contributed by atoms with Crippen LogP contribution in [0.3, 0.4) is 0 Å². The van der Waals surface area contributed by atoms with Crippen LogP contribution in [0.1, 0.15) is 36.8 Å². The topological polar surface area (TPSA) is 101 Å². The van der Waals surface area contributed by atoms with Gasteiger partial charge in [-0.15, -0.1) is 0 Å². The first kappa shape index (κ1) is 19.8. The summed E-state index contributed by atoms with van der Waals surface area (Å²) in [5, 5.41) is 20.5. The van der Waals surface area contributed by atoms with Gasteiger partial charge in [0.2, 0.25) is 0 Å². The highest BCUT2D eigenvalue weighted by atomic mass is 16.4. The monoisotopic (exact) mass is 406 g/mol. The van der Waals surface area contributed by atoms with Crippen molar-refractivity contribution in [2.24, 2.45) is 0 Å². The zero-order valence-corrected chi connectivity index (χ0v) is 16.4. The number of hydrogen-bond acceptors (Lipinski definition) is 6. The Balaban J connectivity index is 1.30. The minimum absolute atomic E-state index is 0.0667. The van der Waals surface area contributed by atoms with Crippen molar-refractivity contribution >= 4 is 21.9 Å². The fourth-order valence-electron chi connectivity index (χ4n) is 3.62. The second kappa shape index (κ2) is 8.45. The van der Waals surface area contributed by atoms with Crippen molar-refractivity contribution in [1.29, 1.82) is 0 Å². The van der Waals surface area contributed by atoms with Gasteiger partial charge in [-0.3, -0.25) is 0 Å². The zero-order chi connectivity index (χ0) is 21.1. The zero-order valence-electron chi connectivity index (χ0n) is 16.4. The summed E-state index contributed by atoms with van der Waals surface area (Å²) in [6.07, 6.45) is 4.81. The van der Waals surface area contributed by atoms with Gasteiger partial charge in [-0.05, 0) is 62.1 Å². The van der Waals surface area contributed by atoms with Gasteiger partial charge in [0.25, 0.3) is 0 Å². The lowest BCUT2D eigenvalue weighted by molar-refractivity contribution is 0.471. The number of phenols is 2. The van der Waals surface area contributed by atoms with Crippen LogP contribution in [0.15, 0.2) is 67.0 Å². The molecule has 2 aromatic carbocycles. The van der Waals surface area contributed by atoms with Gasteiger partial charge in [0.15, 0.2) is 0 Å². The Labute approximate surface area is 172 Å². The maximum absolute atomic E-state index is 12.1. The molecule has 0 atom stereocenters. The summed E-state index contributed by atoms with van der Waals surface area (Å²) in [4.78, 5) is 24.2. The van der Waals surface area contributed by atoms with E-state index in [0.717, 1.165) is 36.5 Å². The second-order valence-electron chi connectivity index (χ2n) is 7.48. The summed E-state index contributed by atoms with van der Waals surface area (Å²) in [7, 11) is 0. The SMILES string of the molecule is O=c1oc2cc(O)ccc2cc1CCCCCCc1cc2ccc(O)cc2oc1=O. The number of phenolic OH excluding ortho intramolecular Hbond substituents is 2. The van der Waals surface area contributed by atoms with Crippen molar-refractivity contribution in [1.82, 2.24) is 0 Å². The van der Waals surface area contributed by atoms with Gasteiger partial charge in [0.1, 0.15) is 22.7 Å². The molecule has 0 radical (unpaired) electrons. The van der Waals surface area contributed by atoms with Gasteiger partial charge in [-0.1, -0.05) is 12.8 Å². The first-order chi connectivity index (χ1) is 14.5. The Morgan fingerprint density at radius 1 is 0.600 bits per heavy atom. The van der Waals surface area contributed by atoms with E-state index in [1.54, 1.807) is 24.3 Å². The van der Waals surface area contributed by atoms with E-state index in [-0.39, 0.29) is 22.8 Å². The average Bonchev–Trinajstić information content (AvgIpc) is 2.71. The van der Waals surface area contributed by atoms with E-state index in [9.17, 15) is 19.8 Å². The molecule has 2 heterocycles. The number of benzene rings is 2. The third-order valence-electron chi connectivity index (χ3n) is 5.23. The van der Waals surface area contributed by atoms with Gasteiger partial charge in [-0.2, -0.15) is 0 Å². The van der Waals surface area contributed by atoms with Gasteiger partial charge >= 0.3 is 11.3 Å². The fourth-order valence-corrected chi connectivity index (χ4v) is 3.62. The molecule has 0 aliphatic heterocycles. The smallest absolute Gasteiger partial charge is 0.339 e. The molecule has 0 bridgehead atoms. The molecule has 0 aliphatic rings. The average molecular weight is 406 g/mol. The summed E-state index contributed by atoms with van der Waals surface area (Å²) < 4.78 is 10.6. The number of fused-ring (bicyclic) bond motifs is 2. The molecule has 0 unspecified atom stereocenters. The van der Waals surface area contributed by atoms with E-state index < -0.39 is 0 Å². The van der Waals surface area contributed by atoms with E-state index in [1.807, 2.05) is 12.1 Å². The predicted octanol–water partition coefficient (Wildman–Crippen LogP) is 4.66. The molecule has 2 N–H and O–H groups in total. The maximum atomic E-state index is 12.1. The second-order valence-corrected chi connectivity index (χ2v) is 7.48. The number of rotatable bonds is 7. The van der Waals surface area contributed by atoms with Gasteiger partial charge < -0.3 is 19.0 Å².